The third kappa shape index (κ3) is 4.32. The van der Waals surface area contributed by atoms with Crippen LogP contribution in [0.2, 0.25) is 0 Å². The molecule has 1 saturated heterocycles. The molecule has 9 heteroatoms. The SMILES string of the molecule is C=C1C2C(=CC(=O)N1c1c(C)cccc1F)NN=C2c1ccc(N2CCN(CC(F)F)CC2)cc1. The molecule has 0 aliphatic carbocycles. The molecule has 2 aromatic carbocycles. The van der Waals surface area contributed by atoms with Gasteiger partial charge in [-0.05, 0) is 36.2 Å². The number of carbonyl (C=O) groups is 1. The van der Waals surface area contributed by atoms with Gasteiger partial charge in [-0.3, -0.25) is 20.0 Å². The van der Waals surface area contributed by atoms with E-state index in [9.17, 15) is 18.0 Å². The second kappa shape index (κ2) is 9.22. The molecular weight excluding hydrogens is 455 g/mol. The Morgan fingerprint density at radius 3 is 2.49 bits per heavy atom. The van der Waals surface area contributed by atoms with Crippen LogP contribution in [0.4, 0.5) is 24.5 Å². The van der Waals surface area contributed by atoms with E-state index in [0.717, 1.165) is 11.3 Å². The Kier molecular flexibility index (Phi) is 6.10. The number of hydrogen-bond donors (Lipinski definition) is 1. The predicted molar refractivity (Wildman–Crippen MR) is 130 cm³/mol. The molecule has 1 unspecified atom stereocenters. The van der Waals surface area contributed by atoms with E-state index >= 15 is 0 Å². The zero-order chi connectivity index (χ0) is 24.7. The van der Waals surface area contributed by atoms with Gasteiger partial charge >= 0.3 is 0 Å². The molecule has 35 heavy (non-hydrogen) atoms. The molecule has 3 aliphatic rings. The molecule has 1 N–H and O–H groups in total. The number of fused-ring (bicyclic) bond motifs is 1. The first-order valence-electron chi connectivity index (χ1n) is 11.5. The lowest BCUT2D eigenvalue weighted by Gasteiger charge is -2.36. The number of benzene rings is 2. The Balaban J connectivity index is 1.35. The van der Waals surface area contributed by atoms with Crippen LogP contribution in [0.1, 0.15) is 11.1 Å². The van der Waals surface area contributed by atoms with E-state index in [1.54, 1.807) is 24.0 Å². The van der Waals surface area contributed by atoms with Crippen LogP contribution >= 0.6 is 0 Å². The van der Waals surface area contributed by atoms with Crippen molar-refractivity contribution < 1.29 is 18.0 Å². The Morgan fingerprint density at radius 2 is 1.83 bits per heavy atom. The van der Waals surface area contributed by atoms with Crippen molar-refractivity contribution in [3.8, 4) is 0 Å². The number of aryl methyl sites for hydroxylation is 1. The number of hydrazone groups is 1. The lowest BCUT2D eigenvalue weighted by Crippen LogP contribution is -2.47. The Labute approximate surface area is 202 Å². The summed E-state index contributed by atoms with van der Waals surface area (Å²) in [6.45, 7) is 8.27. The van der Waals surface area contributed by atoms with Gasteiger partial charge in [0.05, 0.1) is 29.6 Å². The van der Waals surface area contributed by atoms with Crippen molar-refractivity contribution in [3.05, 3.63) is 83.5 Å². The molecular formula is C26H26F3N5O. The molecule has 1 atom stereocenters. The van der Waals surface area contributed by atoms with Crippen LogP contribution < -0.4 is 15.2 Å². The molecule has 0 radical (unpaired) electrons. The fourth-order valence-electron chi connectivity index (χ4n) is 4.94. The van der Waals surface area contributed by atoms with Gasteiger partial charge in [0.15, 0.2) is 0 Å². The quantitative estimate of drug-likeness (QED) is 0.704. The largest absolute Gasteiger partial charge is 0.369 e. The summed E-state index contributed by atoms with van der Waals surface area (Å²) in [4.78, 5) is 18.2. The van der Waals surface area contributed by atoms with E-state index in [2.05, 4.69) is 22.0 Å². The van der Waals surface area contributed by atoms with Gasteiger partial charge in [0, 0.05) is 43.6 Å². The van der Waals surface area contributed by atoms with Crippen LogP contribution in [0, 0.1) is 18.7 Å². The number of alkyl halides is 2. The highest BCUT2D eigenvalue weighted by atomic mass is 19.3. The number of nitrogens with one attached hydrogen (secondary N) is 1. The van der Waals surface area contributed by atoms with Gasteiger partial charge in [-0.2, -0.15) is 5.10 Å². The molecule has 6 nitrogen and oxygen atoms in total. The number of anilines is 2. The fraction of sp³-hybridized carbons (Fsp3) is 0.308. The van der Waals surface area contributed by atoms with Crippen LogP contribution in [0.3, 0.4) is 0 Å². The summed E-state index contributed by atoms with van der Waals surface area (Å²) in [5.74, 6) is -1.27. The minimum Gasteiger partial charge on any atom is -0.369 e. The zero-order valence-corrected chi connectivity index (χ0v) is 19.3. The van der Waals surface area contributed by atoms with E-state index in [-0.39, 0.29) is 18.1 Å². The van der Waals surface area contributed by atoms with Gasteiger partial charge < -0.3 is 4.90 Å². The second-order valence-electron chi connectivity index (χ2n) is 8.94. The average Bonchev–Trinajstić information content (AvgIpc) is 3.25. The van der Waals surface area contributed by atoms with Crippen LogP contribution in [0.5, 0.6) is 0 Å². The maximum Gasteiger partial charge on any atom is 0.257 e. The van der Waals surface area contributed by atoms with Gasteiger partial charge in [-0.15, -0.1) is 0 Å². The Bertz CT molecular complexity index is 1200. The van der Waals surface area contributed by atoms with E-state index < -0.39 is 18.2 Å². The first-order chi connectivity index (χ1) is 16.8. The average molecular weight is 482 g/mol. The molecule has 2 aromatic rings. The third-order valence-corrected chi connectivity index (χ3v) is 6.72. The highest BCUT2D eigenvalue weighted by Crippen LogP contribution is 2.38. The van der Waals surface area contributed by atoms with Crippen molar-refractivity contribution in [2.24, 2.45) is 11.0 Å². The number of halogens is 3. The Morgan fingerprint density at radius 1 is 1.11 bits per heavy atom. The van der Waals surface area contributed by atoms with Crippen LogP contribution in [0.25, 0.3) is 0 Å². The molecule has 0 saturated carbocycles. The van der Waals surface area contributed by atoms with Crippen molar-refractivity contribution in [1.29, 1.82) is 0 Å². The number of amides is 1. The van der Waals surface area contributed by atoms with Crippen molar-refractivity contribution in [3.63, 3.8) is 0 Å². The molecule has 5 rings (SSSR count). The van der Waals surface area contributed by atoms with Crippen LogP contribution in [0.15, 0.2) is 71.6 Å². The molecule has 1 amide bonds. The number of carbonyl (C=O) groups excluding carboxylic acids is 1. The van der Waals surface area contributed by atoms with Gasteiger partial charge in [0.1, 0.15) is 5.82 Å². The minimum absolute atomic E-state index is 0.188. The molecule has 1 fully saturated rings. The first-order valence-corrected chi connectivity index (χ1v) is 11.5. The summed E-state index contributed by atoms with van der Waals surface area (Å²) < 4.78 is 40.0. The van der Waals surface area contributed by atoms with E-state index in [1.807, 2.05) is 24.3 Å². The summed E-state index contributed by atoms with van der Waals surface area (Å²) in [6, 6.07) is 12.6. The third-order valence-electron chi connectivity index (χ3n) is 6.72. The van der Waals surface area contributed by atoms with Crippen molar-refractivity contribution in [2.75, 3.05) is 42.5 Å². The predicted octanol–water partition coefficient (Wildman–Crippen LogP) is 3.89. The number of hydrogen-bond acceptors (Lipinski definition) is 5. The minimum atomic E-state index is -2.32. The standard InChI is InChI=1S/C26H26F3N5O/c1-16-4-3-5-20(27)26(16)34-17(2)24-21(14-23(34)35)30-31-25(24)18-6-8-19(9-7-18)33-12-10-32(11-13-33)15-22(28)29/h3-9,14,22,24,30H,2,10-13,15H2,1H3. The fourth-order valence-corrected chi connectivity index (χ4v) is 4.94. The highest BCUT2D eigenvalue weighted by Gasteiger charge is 2.40. The topological polar surface area (TPSA) is 51.2 Å². The summed E-state index contributed by atoms with van der Waals surface area (Å²) in [5.41, 5.74) is 7.38. The zero-order valence-electron chi connectivity index (χ0n) is 19.3. The summed E-state index contributed by atoms with van der Waals surface area (Å²) in [7, 11) is 0. The van der Waals surface area contributed by atoms with Gasteiger partial charge in [0.2, 0.25) is 0 Å². The number of piperazine rings is 1. The van der Waals surface area contributed by atoms with Gasteiger partial charge in [-0.1, -0.05) is 30.8 Å². The normalized spacial score (nSPS) is 20.7. The smallest absolute Gasteiger partial charge is 0.257 e. The Hall–Kier alpha value is -3.59. The van der Waals surface area contributed by atoms with E-state index in [4.69, 9.17) is 0 Å². The molecule has 0 bridgehead atoms. The second-order valence-corrected chi connectivity index (χ2v) is 8.94. The summed E-state index contributed by atoms with van der Waals surface area (Å²) in [5, 5.41) is 4.46. The maximum absolute atomic E-state index is 14.7. The molecule has 3 heterocycles. The van der Waals surface area contributed by atoms with Crippen LogP contribution in [-0.2, 0) is 4.79 Å². The number of nitrogens with zero attached hydrogens (tertiary/aromatic N) is 4. The number of para-hydroxylation sites is 1. The molecule has 3 aliphatic heterocycles. The molecule has 182 valence electrons. The van der Waals surface area contributed by atoms with Gasteiger partial charge in [-0.25, -0.2) is 13.2 Å². The van der Waals surface area contributed by atoms with Crippen molar-refractivity contribution >= 4 is 23.0 Å². The highest BCUT2D eigenvalue weighted by molar-refractivity contribution is 6.14. The number of rotatable bonds is 5. The summed E-state index contributed by atoms with van der Waals surface area (Å²) >= 11 is 0. The van der Waals surface area contributed by atoms with E-state index in [1.165, 1.54) is 17.0 Å². The molecule has 0 aromatic heterocycles. The summed E-state index contributed by atoms with van der Waals surface area (Å²) in [6.07, 6.45) is -0.877. The first kappa shape index (κ1) is 23.2. The monoisotopic (exact) mass is 481 g/mol. The van der Waals surface area contributed by atoms with E-state index in [0.29, 0.717) is 48.8 Å². The maximum atomic E-state index is 14.7. The lowest BCUT2D eigenvalue weighted by atomic mass is 9.88. The van der Waals surface area contributed by atoms with Crippen molar-refractivity contribution in [2.45, 2.75) is 13.3 Å². The van der Waals surface area contributed by atoms with Crippen LogP contribution in [-0.4, -0.2) is 55.7 Å². The molecule has 0 spiro atoms. The van der Waals surface area contributed by atoms with Gasteiger partial charge in [0.25, 0.3) is 12.3 Å². The lowest BCUT2D eigenvalue weighted by molar-refractivity contribution is -0.114. The van der Waals surface area contributed by atoms with Crippen molar-refractivity contribution in [1.82, 2.24) is 10.3 Å².